The molecule has 1 aliphatic heterocycles. The van der Waals surface area contributed by atoms with E-state index in [1.807, 2.05) is 0 Å². The molecule has 0 saturated heterocycles. The van der Waals surface area contributed by atoms with Crippen LogP contribution in [0.25, 0.3) is 0 Å². The SMILES string of the molecule is C[C@H](NC(=O)c1ccco1)C(=O)O[C@@H](C)C(=O)NCc1ccc2c(c1)OCO2. The van der Waals surface area contributed by atoms with E-state index in [0.717, 1.165) is 5.56 Å². The van der Waals surface area contributed by atoms with Gasteiger partial charge in [-0.3, -0.25) is 9.59 Å². The van der Waals surface area contributed by atoms with E-state index in [4.69, 9.17) is 18.6 Å². The number of amides is 2. The van der Waals surface area contributed by atoms with Crippen molar-refractivity contribution >= 4 is 17.8 Å². The number of rotatable bonds is 7. The van der Waals surface area contributed by atoms with Gasteiger partial charge in [0.25, 0.3) is 11.8 Å². The van der Waals surface area contributed by atoms with E-state index in [9.17, 15) is 14.4 Å². The average molecular weight is 388 g/mol. The van der Waals surface area contributed by atoms with Gasteiger partial charge in [0.05, 0.1) is 6.26 Å². The second kappa shape index (κ2) is 8.47. The number of benzene rings is 1. The topological polar surface area (TPSA) is 116 Å². The monoisotopic (exact) mass is 388 g/mol. The maximum absolute atomic E-state index is 12.2. The van der Waals surface area contributed by atoms with Crippen molar-refractivity contribution in [3.8, 4) is 11.5 Å². The third-order valence-corrected chi connectivity index (χ3v) is 4.01. The summed E-state index contributed by atoms with van der Waals surface area (Å²) >= 11 is 0. The number of furan rings is 1. The van der Waals surface area contributed by atoms with Crippen LogP contribution in [-0.4, -0.2) is 36.7 Å². The van der Waals surface area contributed by atoms with E-state index in [-0.39, 0.29) is 19.1 Å². The molecule has 1 aromatic carbocycles. The van der Waals surface area contributed by atoms with Crippen LogP contribution in [0.4, 0.5) is 0 Å². The highest BCUT2D eigenvalue weighted by atomic mass is 16.7. The summed E-state index contributed by atoms with van der Waals surface area (Å²) in [6.07, 6.45) is 0.328. The molecule has 9 nitrogen and oxygen atoms in total. The van der Waals surface area contributed by atoms with Gasteiger partial charge in [-0.1, -0.05) is 6.07 Å². The van der Waals surface area contributed by atoms with Gasteiger partial charge in [-0.2, -0.15) is 0 Å². The first-order valence-corrected chi connectivity index (χ1v) is 8.65. The molecule has 0 unspecified atom stereocenters. The normalized spacial score (nSPS) is 14.1. The molecule has 0 saturated carbocycles. The molecule has 1 aliphatic rings. The van der Waals surface area contributed by atoms with E-state index in [0.29, 0.717) is 11.5 Å². The van der Waals surface area contributed by atoms with Gasteiger partial charge in [-0.15, -0.1) is 0 Å². The second-order valence-electron chi connectivity index (χ2n) is 6.16. The van der Waals surface area contributed by atoms with Gasteiger partial charge in [0.1, 0.15) is 6.04 Å². The quantitative estimate of drug-likeness (QED) is 0.688. The number of nitrogens with one attached hydrogen (secondary N) is 2. The van der Waals surface area contributed by atoms with Crippen LogP contribution in [0.1, 0.15) is 30.0 Å². The lowest BCUT2D eigenvalue weighted by Crippen LogP contribution is -2.43. The van der Waals surface area contributed by atoms with Crippen molar-refractivity contribution < 1.29 is 33.0 Å². The lowest BCUT2D eigenvalue weighted by Gasteiger charge is -2.17. The van der Waals surface area contributed by atoms with E-state index in [1.54, 1.807) is 24.3 Å². The molecule has 1 aromatic heterocycles. The van der Waals surface area contributed by atoms with E-state index in [2.05, 4.69) is 10.6 Å². The van der Waals surface area contributed by atoms with Gasteiger partial charge in [0.15, 0.2) is 23.4 Å². The summed E-state index contributed by atoms with van der Waals surface area (Å²) < 4.78 is 20.6. The summed E-state index contributed by atoms with van der Waals surface area (Å²) in [5.41, 5.74) is 0.815. The predicted molar refractivity (Wildman–Crippen MR) is 95.6 cm³/mol. The first kappa shape index (κ1) is 19.3. The van der Waals surface area contributed by atoms with Crippen molar-refractivity contribution in [2.45, 2.75) is 32.5 Å². The number of hydrogen-bond acceptors (Lipinski definition) is 7. The first-order chi connectivity index (χ1) is 13.4. The van der Waals surface area contributed by atoms with Gasteiger partial charge >= 0.3 is 5.97 Å². The highest BCUT2D eigenvalue weighted by molar-refractivity contribution is 5.94. The zero-order valence-electron chi connectivity index (χ0n) is 15.4. The molecule has 2 aromatic rings. The second-order valence-corrected chi connectivity index (χ2v) is 6.16. The smallest absolute Gasteiger partial charge is 0.329 e. The van der Waals surface area contributed by atoms with Crippen LogP contribution < -0.4 is 20.1 Å². The van der Waals surface area contributed by atoms with Crippen molar-refractivity contribution in [1.82, 2.24) is 10.6 Å². The van der Waals surface area contributed by atoms with Crippen LogP contribution in [0.5, 0.6) is 11.5 Å². The molecule has 0 spiro atoms. The van der Waals surface area contributed by atoms with Crippen molar-refractivity contribution in [2.75, 3.05) is 6.79 Å². The number of esters is 1. The molecule has 0 radical (unpaired) electrons. The Kier molecular flexibility index (Phi) is 5.83. The molecule has 2 atom stereocenters. The van der Waals surface area contributed by atoms with Gasteiger partial charge in [-0.25, -0.2) is 4.79 Å². The minimum Gasteiger partial charge on any atom is -0.459 e. The molecular weight excluding hydrogens is 368 g/mol. The molecule has 9 heteroatoms. The number of fused-ring (bicyclic) bond motifs is 1. The van der Waals surface area contributed by atoms with Crippen LogP contribution in [0, 0.1) is 0 Å². The Hall–Kier alpha value is -3.49. The highest BCUT2D eigenvalue weighted by Gasteiger charge is 2.24. The first-order valence-electron chi connectivity index (χ1n) is 8.65. The Bertz CT molecular complexity index is 863. The summed E-state index contributed by atoms with van der Waals surface area (Å²) in [5.74, 6) is -0.389. The molecular formula is C19H20N2O7. The third-order valence-electron chi connectivity index (χ3n) is 4.01. The van der Waals surface area contributed by atoms with Crippen molar-refractivity contribution in [1.29, 1.82) is 0 Å². The molecule has 28 heavy (non-hydrogen) atoms. The number of ether oxygens (including phenoxy) is 3. The average Bonchev–Trinajstić information content (AvgIpc) is 3.36. The summed E-state index contributed by atoms with van der Waals surface area (Å²) in [4.78, 5) is 36.1. The third kappa shape index (κ3) is 4.61. The molecule has 0 fully saturated rings. The van der Waals surface area contributed by atoms with Gasteiger partial charge < -0.3 is 29.3 Å². The summed E-state index contributed by atoms with van der Waals surface area (Å²) in [5, 5.41) is 5.13. The minimum absolute atomic E-state index is 0.0779. The van der Waals surface area contributed by atoms with Crippen LogP contribution >= 0.6 is 0 Å². The molecule has 2 amide bonds. The fraction of sp³-hybridized carbons (Fsp3) is 0.316. The Morgan fingerprint density at radius 3 is 2.68 bits per heavy atom. The molecule has 148 valence electrons. The molecule has 0 aliphatic carbocycles. The maximum atomic E-state index is 12.2. The molecule has 3 rings (SSSR count). The van der Waals surface area contributed by atoms with Crippen molar-refractivity contribution in [3.63, 3.8) is 0 Å². The van der Waals surface area contributed by atoms with Gasteiger partial charge in [0.2, 0.25) is 6.79 Å². The van der Waals surface area contributed by atoms with E-state index in [1.165, 1.54) is 26.2 Å². The van der Waals surface area contributed by atoms with Gasteiger partial charge in [0, 0.05) is 6.54 Å². The summed E-state index contributed by atoms with van der Waals surface area (Å²) in [7, 11) is 0. The fourth-order valence-electron chi connectivity index (χ4n) is 2.45. The van der Waals surface area contributed by atoms with Crippen LogP contribution in [0.2, 0.25) is 0 Å². The molecule has 2 N–H and O–H groups in total. The van der Waals surface area contributed by atoms with E-state index < -0.39 is 29.9 Å². The maximum Gasteiger partial charge on any atom is 0.329 e. The molecule has 0 bridgehead atoms. The Morgan fingerprint density at radius 2 is 1.93 bits per heavy atom. The standard InChI is InChI=1S/C19H20N2O7/c1-11(21-18(23)15-4-3-7-25-15)19(24)28-12(2)17(22)20-9-13-5-6-14-16(8-13)27-10-26-14/h3-8,11-12H,9-10H2,1-2H3,(H,20,22)(H,21,23)/t11-,12-/m0/s1. The largest absolute Gasteiger partial charge is 0.459 e. The summed E-state index contributed by atoms with van der Waals surface area (Å²) in [6.45, 7) is 3.32. The lowest BCUT2D eigenvalue weighted by atomic mass is 10.2. The zero-order chi connectivity index (χ0) is 20.1. The van der Waals surface area contributed by atoms with Crippen LogP contribution in [0.3, 0.4) is 0 Å². The van der Waals surface area contributed by atoms with Crippen LogP contribution in [0.15, 0.2) is 41.0 Å². The van der Waals surface area contributed by atoms with Crippen LogP contribution in [-0.2, 0) is 20.9 Å². The Labute approximate surface area is 160 Å². The summed E-state index contributed by atoms with van der Waals surface area (Å²) in [6, 6.07) is 7.42. The zero-order valence-corrected chi connectivity index (χ0v) is 15.4. The number of carbonyl (C=O) groups excluding carboxylic acids is 3. The predicted octanol–water partition coefficient (Wildman–Crippen LogP) is 1.37. The van der Waals surface area contributed by atoms with Crippen molar-refractivity contribution in [2.24, 2.45) is 0 Å². The number of hydrogen-bond donors (Lipinski definition) is 2. The fourth-order valence-corrected chi connectivity index (χ4v) is 2.45. The molecule has 2 heterocycles. The Morgan fingerprint density at radius 1 is 1.14 bits per heavy atom. The lowest BCUT2D eigenvalue weighted by molar-refractivity contribution is -0.156. The van der Waals surface area contributed by atoms with E-state index >= 15 is 0 Å². The highest BCUT2D eigenvalue weighted by Crippen LogP contribution is 2.32. The number of carbonyl (C=O) groups is 3. The van der Waals surface area contributed by atoms with Gasteiger partial charge in [-0.05, 0) is 43.7 Å². The minimum atomic E-state index is -1.02. The van der Waals surface area contributed by atoms with Crippen molar-refractivity contribution in [3.05, 3.63) is 47.9 Å². The Balaban J connectivity index is 1.45.